The van der Waals surface area contributed by atoms with Gasteiger partial charge in [0.2, 0.25) is 0 Å². The summed E-state index contributed by atoms with van der Waals surface area (Å²) >= 11 is 0.230. The van der Waals surface area contributed by atoms with Gasteiger partial charge in [-0.05, 0) is 0 Å². The Morgan fingerprint density at radius 3 is 2.33 bits per heavy atom. The molecule has 2 nitrogen and oxygen atoms in total. The predicted molar refractivity (Wildman–Crippen MR) is 35.7 cm³/mol. The minimum absolute atomic E-state index is 0.230. The van der Waals surface area contributed by atoms with Gasteiger partial charge in [-0.25, -0.2) is 0 Å². The lowest BCUT2D eigenvalue weighted by Gasteiger charge is -1.99. The van der Waals surface area contributed by atoms with Crippen molar-refractivity contribution in [1.29, 1.82) is 5.26 Å². The van der Waals surface area contributed by atoms with E-state index in [-0.39, 0.29) is 16.2 Å². The minimum Gasteiger partial charge on any atom is -0.506 e. The molecule has 0 aliphatic carbocycles. The zero-order valence-corrected chi connectivity index (χ0v) is 6.33. The first-order valence-corrected chi connectivity index (χ1v) is 3.57. The van der Waals surface area contributed by atoms with E-state index in [9.17, 15) is 13.2 Å². The fraction of sp³-hybridized carbons (Fsp3) is 0.167. The van der Waals surface area contributed by atoms with E-state index >= 15 is 0 Å². The highest BCUT2D eigenvalue weighted by atomic mass is 32.1. The van der Waals surface area contributed by atoms with Crippen LogP contribution in [0.15, 0.2) is 6.07 Å². The number of nitriles is 1. The maximum atomic E-state index is 11.9. The van der Waals surface area contributed by atoms with Crippen LogP contribution in [0.5, 0.6) is 5.75 Å². The molecular formula is C6H2F3NOS. The van der Waals surface area contributed by atoms with Gasteiger partial charge in [-0.3, -0.25) is 0 Å². The summed E-state index contributed by atoms with van der Waals surface area (Å²) in [5.74, 6) is -0.616. The molecule has 1 N–H and O–H groups in total. The number of aromatic hydroxyl groups is 1. The van der Waals surface area contributed by atoms with Crippen LogP contribution in [0.25, 0.3) is 0 Å². The zero-order chi connectivity index (χ0) is 9.35. The molecule has 0 spiro atoms. The van der Waals surface area contributed by atoms with Crippen LogP contribution in [0.4, 0.5) is 13.2 Å². The van der Waals surface area contributed by atoms with Crippen LogP contribution in [0.3, 0.4) is 0 Å². The van der Waals surface area contributed by atoms with Gasteiger partial charge in [0.05, 0.1) is 0 Å². The number of nitrogens with zero attached hydrogens (tertiary/aromatic N) is 1. The van der Waals surface area contributed by atoms with Crippen LogP contribution in [0.2, 0.25) is 0 Å². The third-order valence-electron chi connectivity index (χ3n) is 1.09. The highest BCUT2D eigenvalue weighted by Crippen LogP contribution is 2.38. The molecular weight excluding hydrogens is 191 g/mol. The molecule has 12 heavy (non-hydrogen) atoms. The third-order valence-corrected chi connectivity index (χ3v) is 2.17. The fourth-order valence-corrected chi connectivity index (χ4v) is 1.32. The van der Waals surface area contributed by atoms with E-state index in [1.165, 1.54) is 6.07 Å². The second kappa shape index (κ2) is 2.68. The summed E-state index contributed by atoms with van der Waals surface area (Å²) in [4.78, 5) is -1.28. The summed E-state index contributed by atoms with van der Waals surface area (Å²) in [5, 5.41) is 17.0. The molecule has 0 amide bonds. The topological polar surface area (TPSA) is 44.0 Å². The van der Waals surface area contributed by atoms with Gasteiger partial charge in [-0.15, -0.1) is 11.3 Å². The normalized spacial score (nSPS) is 11.2. The summed E-state index contributed by atoms with van der Waals surface area (Å²) in [6, 6.07) is 2.00. The highest BCUT2D eigenvalue weighted by molar-refractivity contribution is 7.13. The molecule has 0 fully saturated rings. The second-order valence-electron chi connectivity index (χ2n) is 1.93. The molecule has 1 aromatic heterocycles. The van der Waals surface area contributed by atoms with Gasteiger partial charge in [0, 0.05) is 6.07 Å². The maximum absolute atomic E-state index is 11.9. The molecule has 1 aromatic rings. The molecule has 0 aromatic carbocycles. The van der Waals surface area contributed by atoms with Gasteiger partial charge < -0.3 is 5.11 Å². The molecule has 6 heteroatoms. The largest absolute Gasteiger partial charge is 0.506 e. The first-order chi connectivity index (χ1) is 5.45. The van der Waals surface area contributed by atoms with Crippen LogP contribution in [-0.4, -0.2) is 5.11 Å². The first-order valence-electron chi connectivity index (χ1n) is 2.75. The number of halogens is 3. The van der Waals surface area contributed by atoms with Crippen molar-refractivity contribution < 1.29 is 18.3 Å². The molecule has 0 radical (unpaired) electrons. The van der Waals surface area contributed by atoms with E-state index < -0.39 is 16.8 Å². The fourth-order valence-electron chi connectivity index (χ4n) is 0.601. The molecule has 0 unspecified atom stereocenters. The van der Waals surface area contributed by atoms with Crippen LogP contribution in [0, 0.1) is 11.3 Å². The maximum Gasteiger partial charge on any atom is 0.425 e. The highest BCUT2D eigenvalue weighted by Gasteiger charge is 2.33. The van der Waals surface area contributed by atoms with Crippen molar-refractivity contribution >= 4 is 11.3 Å². The lowest BCUT2D eigenvalue weighted by Crippen LogP contribution is -2.00. The van der Waals surface area contributed by atoms with E-state index in [0.29, 0.717) is 6.07 Å². The molecule has 0 aliphatic heterocycles. The predicted octanol–water partition coefficient (Wildman–Crippen LogP) is 2.34. The average Bonchev–Trinajstić information content (AvgIpc) is 2.29. The summed E-state index contributed by atoms with van der Waals surface area (Å²) in [5.41, 5.74) is 0. The van der Waals surface area contributed by atoms with Crippen molar-refractivity contribution in [2.24, 2.45) is 0 Å². The monoisotopic (exact) mass is 193 g/mol. The van der Waals surface area contributed by atoms with E-state index in [4.69, 9.17) is 10.4 Å². The van der Waals surface area contributed by atoms with E-state index in [0.717, 1.165) is 0 Å². The van der Waals surface area contributed by atoms with Gasteiger partial charge in [0.1, 0.15) is 21.6 Å². The molecule has 0 bridgehead atoms. The van der Waals surface area contributed by atoms with Gasteiger partial charge in [0.25, 0.3) is 0 Å². The Hall–Kier alpha value is -1.22. The summed E-state index contributed by atoms with van der Waals surface area (Å²) in [6.45, 7) is 0. The summed E-state index contributed by atoms with van der Waals surface area (Å²) < 4.78 is 35.7. The molecule has 0 aliphatic rings. The van der Waals surface area contributed by atoms with E-state index in [1.54, 1.807) is 0 Å². The first kappa shape index (κ1) is 8.87. The standard InChI is InChI=1S/C6H2F3NOS/c7-6(8,9)5-1-3(11)4(2-10)12-5/h1,11H. The van der Waals surface area contributed by atoms with E-state index in [1.807, 2.05) is 0 Å². The molecule has 64 valence electrons. The molecule has 0 atom stereocenters. The summed E-state index contributed by atoms with van der Waals surface area (Å²) in [7, 11) is 0. The number of alkyl halides is 3. The second-order valence-corrected chi connectivity index (χ2v) is 2.99. The Morgan fingerprint density at radius 2 is 2.08 bits per heavy atom. The number of thiophene rings is 1. The number of hydrogen-bond acceptors (Lipinski definition) is 3. The smallest absolute Gasteiger partial charge is 0.425 e. The lowest BCUT2D eigenvalue weighted by atomic mass is 10.4. The SMILES string of the molecule is N#Cc1sc(C(F)(F)F)cc1O. The zero-order valence-electron chi connectivity index (χ0n) is 5.51. The van der Waals surface area contributed by atoms with Crippen molar-refractivity contribution in [3.63, 3.8) is 0 Å². The lowest BCUT2D eigenvalue weighted by molar-refractivity contribution is -0.134. The van der Waals surface area contributed by atoms with Gasteiger partial charge in [-0.2, -0.15) is 18.4 Å². The van der Waals surface area contributed by atoms with Crippen molar-refractivity contribution in [3.05, 3.63) is 15.8 Å². The Balaban J connectivity index is 3.16. The average molecular weight is 193 g/mol. The molecule has 0 saturated heterocycles. The molecule has 1 rings (SSSR count). The number of rotatable bonds is 0. The van der Waals surface area contributed by atoms with Crippen LogP contribution in [0.1, 0.15) is 9.75 Å². The Labute approximate surface area is 69.5 Å². The van der Waals surface area contributed by atoms with Gasteiger partial charge in [-0.1, -0.05) is 0 Å². The Bertz CT molecular complexity index is 336. The van der Waals surface area contributed by atoms with E-state index in [2.05, 4.69) is 0 Å². The quantitative estimate of drug-likeness (QED) is 0.687. The third kappa shape index (κ3) is 1.51. The Morgan fingerprint density at radius 1 is 1.50 bits per heavy atom. The molecule has 1 heterocycles. The van der Waals surface area contributed by atoms with Crippen molar-refractivity contribution in [3.8, 4) is 11.8 Å². The van der Waals surface area contributed by atoms with Crippen molar-refractivity contribution in [1.82, 2.24) is 0 Å². The molecule has 0 saturated carbocycles. The van der Waals surface area contributed by atoms with Crippen molar-refractivity contribution in [2.75, 3.05) is 0 Å². The van der Waals surface area contributed by atoms with Crippen molar-refractivity contribution in [2.45, 2.75) is 6.18 Å². The van der Waals surface area contributed by atoms with Gasteiger partial charge in [0.15, 0.2) is 0 Å². The number of hydrogen-bond donors (Lipinski definition) is 1. The van der Waals surface area contributed by atoms with Crippen LogP contribution >= 0.6 is 11.3 Å². The van der Waals surface area contributed by atoms with Crippen LogP contribution < -0.4 is 0 Å². The van der Waals surface area contributed by atoms with Gasteiger partial charge >= 0.3 is 6.18 Å². The minimum atomic E-state index is -4.49. The summed E-state index contributed by atoms with van der Waals surface area (Å²) in [6.07, 6.45) is -4.49. The van der Waals surface area contributed by atoms with Crippen LogP contribution in [-0.2, 0) is 6.18 Å². The Kier molecular flexibility index (Phi) is 1.98.